The number of imidazole rings is 2. The van der Waals surface area contributed by atoms with Crippen LogP contribution in [0.25, 0.3) is 11.0 Å². The number of aromatic nitrogens is 4. The maximum absolute atomic E-state index is 12.0. The van der Waals surface area contributed by atoms with Crippen LogP contribution < -0.4 is 5.32 Å². The average Bonchev–Trinajstić information content (AvgIpc) is 3.16. The lowest BCUT2D eigenvalue weighted by Crippen LogP contribution is -2.26. The number of carbonyl (C=O) groups excluding carboxylic acids is 1. The van der Waals surface area contributed by atoms with Gasteiger partial charge >= 0.3 is 0 Å². The first-order chi connectivity index (χ1) is 11.1. The second-order valence-electron chi connectivity index (χ2n) is 5.32. The zero-order chi connectivity index (χ0) is 16.2. The minimum absolute atomic E-state index is 0.000890. The van der Waals surface area contributed by atoms with Gasteiger partial charge in [-0.05, 0) is 19.1 Å². The Morgan fingerprint density at radius 2 is 2.26 bits per heavy atom. The molecule has 1 aromatic carbocycles. The van der Waals surface area contributed by atoms with E-state index in [2.05, 4.69) is 27.2 Å². The van der Waals surface area contributed by atoms with Crippen molar-refractivity contribution in [3.8, 4) is 0 Å². The Hall–Kier alpha value is -2.28. The highest BCUT2D eigenvalue weighted by atomic mass is 32.2. The molecule has 0 fully saturated rings. The third kappa shape index (κ3) is 3.73. The Morgan fingerprint density at radius 1 is 1.43 bits per heavy atom. The van der Waals surface area contributed by atoms with Gasteiger partial charge in [-0.25, -0.2) is 9.97 Å². The van der Waals surface area contributed by atoms with Crippen LogP contribution in [0.2, 0.25) is 0 Å². The number of thioether (sulfide) groups is 1. The largest absolute Gasteiger partial charge is 0.348 e. The second kappa shape index (κ2) is 6.87. The SMILES string of the molecule is C[C@H](SCC(=O)NCc1nccn1C)c1nc2ccccc2[nH]1. The fourth-order valence-electron chi connectivity index (χ4n) is 2.24. The van der Waals surface area contributed by atoms with Crippen molar-refractivity contribution in [1.82, 2.24) is 24.8 Å². The van der Waals surface area contributed by atoms with Gasteiger partial charge in [0, 0.05) is 19.4 Å². The number of H-pyrrole nitrogens is 1. The van der Waals surface area contributed by atoms with Crippen LogP contribution >= 0.6 is 11.8 Å². The number of nitrogens with one attached hydrogen (secondary N) is 2. The number of hydrogen-bond donors (Lipinski definition) is 2. The van der Waals surface area contributed by atoms with Gasteiger partial charge in [0.15, 0.2) is 0 Å². The minimum atomic E-state index is 0.000890. The van der Waals surface area contributed by atoms with Crippen LogP contribution in [0.15, 0.2) is 36.7 Å². The molecule has 6 nitrogen and oxygen atoms in total. The first-order valence-corrected chi connectivity index (χ1v) is 8.47. The highest BCUT2D eigenvalue weighted by Crippen LogP contribution is 2.27. The smallest absolute Gasteiger partial charge is 0.230 e. The van der Waals surface area contributed by atoms with Gasteiger partial charge in [0.05, 0.1) is 28.6 Å². The van der Waals surface area contributed by atoms with Gasteiger partial charge in [0.1, 0.15) is 11.6 Å². The van der Waals surface area contributed by atoms with Crippen LogP contribution in [0.4, 0.5) is 0 Å². The summed E-state index contributed by atoms with van der Waals surface area (Å²) in [5.41, 5.74) is 1.98. The summed E-state index contributed by atoms with van der Waals surface area (Å²) in [5, 5.41) is 3.01. The molecule has 2 N–H and O–H groups in total. The number of para-hydroxylation sites is 2. The first-order valence-electron chi connectivity index (χ1n) is 7.42. The molecule has 23 heavy (non-hydrogen) atoms. The number of amides is 1. The summed E-state index contributed by atoms with van der Waals surface area (Å²) in [7, 11) is 1.91. The molecule has 7 heteroatoms. The number of aryl methyl sites for hydroxylation is 1. The van der Waals surface area contributed by atoms with Crippen molar-refractivity contribution in [2.24, 2.45) is 7.05 Å². The molecule has 3 aromatic rings. The van der Waals surface area contributed by atoms with Gasteiger partial charge in [0.25, 0.3) is 0 Å². The number of benzene rings is 1. The van der Waals surface area contributed by atoms with Crippen molar-refractivity contribution in [2.45, 2.75) is 18.7 Å². The van der Waals surface area contributed by atoms with E-state index in [-0.39, 0.29) is 11.2 Å². The third-order valence-electron chi connectivity index (χ3n) is 3.62. The summed E-state index contributed by atoms with van der Waals surface area (Å²) in [6.45, 7) is 2.50. The second-order valence-corrected chi connectivity index (χ2v) is 6.65. The summed E-state index contributed by atoms with van der Waals surface area (Å²) in [4.78, 5) is 24.0. The van der Waals surface area contributed by atoms with E-state index in [9.17, 15) is 4.79 Å². The van der Waals surface area contributed by atoms with Crippen molar-refractivity contribution in [3.05, 3.63) is 48.3 Å². The molecule has 0 spiro atoms. The van der Waals surface area contributed by atoms with Crippen molar-refractivity contribution in [2.75, 3.05) is 5.75 Å². The third-order valence-corrected chi connectivity index (χ3v) is 4.77. The zero-order valence-electron chi connectivity index (χ0n) is 13.1. The van der Waals surface area contributed by atoms with E-state index in [4.69, 9.17) is 0 Å². The molecule has 0 bridgehead atoms. The molecule has 0 unspecified atom stereocenters. The van der Waals surface area contributed by atoms with Crippen LogP contribution in [0.3, 0.4) is 0 Å². The molecule has 0 radical (unpaired) electrons. The van der Waals surface area contributed by atoms with Gasteiger partial charge in [-0.2, -0.15) is 0 Å². The molecule has 3 rings (SSSR count). The summed E-state index contributed by atoms with van der Waals surface area (Å²) in [5.74, 6) is 2.13. The van der Waals surface area contributed by atoms with E-state index in [1.165, 1.54) is 0 Å². The van der Waals surface area contributed by atoms with Crippen molar-refractivity contribution in [1.29, 1.82) is 0 Å². The van der Waals surface area contributed by atoms with Crippen LogP contribution in [-0.2, 0) is 18.4 Å². The summed E-state index contributed by atoms with van der Waals surface area (Å²) in [6.07, 6.45) is 3.58. The predicted molar refractivity (Wildman–Crippen MR) is 92.0 cm³/mol. The quantitative estimate of drug-likeness (QED) is 0.728. The van der Waals surface area contributed by atoms with E-state index >= 15 is 0 Å². The van der Waals surface area contributed by atoms with Crippen molar-refractivity contribution >= 4 is 28.7 Å². The maximum atomic E-state index is 12.0. The zero-order valence-corrected chi connectivity index (χ0v) is 13.9. The Balaban J connectivity index is 1.51. The summed E-state index contributed by atoms with van der Waals surface area (Å²) >= 11 is 1.56. The molecule has 1 atom stereocenters. The monoisotopic (exact) mass is 329 g/mol. The predicted octanol–water partition coefficient (Wildman–Crippen LogP) is 2.41. The van der Waals surface area contributed by atoms with Crippen LogP contribution in [0, 0.1) is 0 Å². The molecule has 1 amide bonds. The lowest BCUT2D eigenvalue weighted by molar-refractivity contribution is -0.118. The molecular weight excluding hydrogens is 310 g/mol. The molecule has 0 saturated heterocycles. The van der Waals surface area contributed by atoms with Crippen LogP contribution in [0.1, 0.15) is 23.8 Å². The highest BCUT2D eigenvalue weighted by molar-refractivity contribution is 8.00. The Bertz CT molecular complexity index is 777. The maximum Gasteiger partial charge on any atom is 0.230 e. The van der Waals surface area contributed by atoms with Gasteiger partial charge < -0.3 is 14.9 Å². The normalized spacial score (nSPS) is 12.4. The molecule has 0 saturated carbocycles. The summed E-state index contributed by atoms with van der Waals surface area (Å²) in [6, 6.07) is 7.93. The number of aromatic amines is 1. The fraction of sp³-hybridized carbons (Fsp3) is 0.312. The molecule has 0 aliphatic carbocycles. The number of carbonyl (C=O) groups is 1. The highest BCUT2D eigenvalue weighted by Gasteiger charge is 2.13. The lowest BCUT2D eigenvalue weighted by Gasteiger charge is -2.09. The van der Waals surface area contributed by atoms with Gasteiger partial charge in [-0.1, -0.05) is 12.1 Å². The number of nitrogens with zero attached hydrogens (tertiary/aromatic N) is 3. The molecule has 2 aromatic heterocycles. The number of hydrogen-bond acceptors (Lipinski definition) is 4. The lowest BCUT2D eigenvalue weighted by atomic mass is 10.3. The minimum Gasteiger partial charge on any atom is -0.348 e. The van der Waals surface area contributed by atoms with Crippen LogP contribution in [0.5, 0.6) is 0 Å². The molecule has 2 heterocycles. The Morgan fingerprint density at radius 3 is 3.00 bits per heavy atom. The van der Waals surface area contributed by atoms with E-state index in [0.717, 1.165) is 22.7 Å². The van der Waals surface area contributed by atoms with Gasteiger partial charge in [-0.15, -0.1) is 11.8 Å². The van der Waals surface area contributed by atoms with Crippen molar-refractivity contribution < 1.29 is 4.79 Å². The molecule has 120 valence electrons. The Kier molecular flexibility index (Phi) is 4.66. The number of rotatable bonds is 6. The molecular formula is C16H19N5OS. The number of fused-ring (bicyclic) bond motifs is 1. The summed E-state index contributed by atoms with van der Waals surface area (Å²) < 4.78 is 1.89. The van der Waals surface area contributed by atoms with E-state index in [0.29, 0.717) is 12.3 Å². The van der Waals surface area contributed by atoms with Crippen LogP contribution in [-0.4, -0.2) is 31.2 Å². The molecule has 0 aliphatic rings. The van der Waals surface area contributed by atoms with Crippen molar-refractivity contribution in [3.63, 3.8) is 0 Å². The Labute approximate surface area is 138 Å². The topological polar surface area (TPSA) is 75.6 Å². The van der Waals surface area contributed by atoms with E-state index < -0.39 is 0 Å². The fourth-order valence-corrected chi connectivity index (χ4v) is 3.01. The average molecular weight is 329 g/mol. The first kappa shape index (κ1) is 15.6. The standard InChI is InChI=1S/C16H19N5OS/c1-11(16-19-12-5-3-4-6-13(12)20-16)23-10-15(22)18-9-14-17-7-8-21(14)2/h3-8,11H,9-10H2,1-2H3,(H,18,22)(H,19,20)/t11-/m0/s1. The molecule has 0 aliphatic heterocycles. The van der Waals surface area contributed by atoms with Gasteiger partial charge in [0.2, 0.25) is 5.91 Å². The van der Waals surface area contributed by atoms with E-state index in [1.807, 2.05) is 42.1 Å². The van der Waals surface area contributed by atoms with E-state index in [1.54, 1.807) is 18.0 Å². The van der Waals surface area contributed by atoms with Gasteiger partial charge in [-0.3, -0.25) is 4.79 Å².